The lowest BCUT2D eigenvalue weighted by Gasteiger charge is -2.22. The molecule has 2 rings (SSSR count). The summed E-state index contributed by atoms with van der Waals surface area (Å²) in [5.74, 6) is 0.249. The first-order valence-electron chi connectivity index (χ1n) is 7.37. The van der Waals surface area contributed by atoms with E-state index in [1.165, 1.54) is 24.4 Å². The Morgan fingerprint density at radius 3 is 2.67 bits per heavy atom. The molecule has 21 heavy (non-hydrogen) atoms. The van der Waals surface area contributed by atoms with Crippen molar-refractivity contribution in [3.8, 4) is 0 Å². The minimum atomic E-state index is -3.34. The zero-order valence-electron chi connectivity index (χ0n) is 12.7. The van der Waals surface area contributed by atoms with Gasteiger partial charge in [-0.15, -0.1) is 0 Å². The second kappa shape index (κ2) is 6.93. The number of aromatic nitrogens is 1. The summed E-state index contributed by atoms with van der Waals surface area (Å²) in [6, 6.07) is 0. The molecule has 1 aliphatic rings. The number of anilines is 2. The van der Waals surface area contributed by atoms with E-state index >= 15 is 0 Å². The molecule has 0 aromatic carbocycles. The maximum atomic E-state index is 12.3. The van der Waals surface area contributed by atoms with E-state index < -0.39 is 9.84 Å². The van der Waals surface area contributed by atoms with Crippen molar-refractivity contribution < 1.29 is 8.42 Å². The van der Waals surface area contributed by atoms with E-state index in [2.05, 4.69) is 9.27 Å². The summed E-state index contributed by atoms with van der Waals surface area (Å²) in [5.41, 5.74) is 5.80. The van der Waals surface area contributed by atoms with Gasteiger partial charge in [0, 0.05) is 20.1 Å². The topological polar surface area (TPSA) is 79.5 Å². The number of nitrogens with zero attached hydrogens (tertiary/aromatic N) is 3. The predicted molar refractivity (Wildman–Crippen MR) is 87.8 cm³/mol. The first-order valence-corrected chi connectivity index (χ1v) is 9.79. The third-order valence-corrected chi connectivity index (χ3v) is 6.81. The van der Waals surface area contributed by atoms with Crippen molar-refractivity contribution in [2.45, 2.75) is 31.1 Å². The largest absolute Gasteiger partial charge is 0.382 e. The van der Waals surface area contributed by atoms with Crippen molar-refractivity contribution in [3.05, 3.63) is 0 Å². The molecule has 1 saturated heterocycles. The molecule has 1 aliphatic heterocycles. The Balaban J connectivity index is 2.12. The highest BCUT2D eigenvalue weighted by Crippen LogP contribution is 2.34. The maximum absolute atomic E-state index is 12.3. The van der Waals surface area contributed by atoms with E-state index in [1.54, 1.807) is 0 Å². The van der Waals surface area contributed by atoms with Crippen molar-refractivity contribution in [2.24, 2.45) is 0 Å². The SMILES string of the molecule is CCCS(=O)(=O)c1c(N)nsc1N(C)CCN1CCCC1. The molecule has 0 saturated carbocycles. The van der Waals surface area contributed by atoms with Crippen LogP contribution < -0.4 is 10.6 Å². The molecule has 0 radical (unpaired) electrons. The number of nitrogen functional groups attached to an aromatic ring is 1. The van der Waals surface area contributed by atoms with Crippen LogP contribution in [0.3, 0.4) is 0 Å². The number of likely N-dealkylation sites (N-methyl/N-ethyl adjacent to an activating group) is 1. The lowest BCUT2D eigenvalue weighted by atomic mass is 10.4. The van der Waals surface area contributed by atoms with Crippen LogP contribution in [0.4, 0.5) is 10.8 Å². The highest BCUT2D eigenvalue weighted by molar-refractivity contribution is 7.91. The molecule has 2 heterocycles. The van der Waals surface area contributed by atoms with Gasteiger partial charge in [0.1, 0.15) is 9.90 Å². The minimum Gasteiger partial charge on any atom is -0.382 e. The molecule has 1 aromatic rings. The maximum Gasteiger partial charge on any atom is 0.185 e. The Labute approximate surface area is 131 Å². The normalized spacial score (nSPS) is 16.5. The van der Waals surface area contributed by atoms with E-state index in [1.807, 2.05) is 18.9 Å². The second-order valence-electron chi connectivity index (χ2n) is 5.49. The Bertz CT molecular complexity index is 565. The molecule has 0 unspecified atom stereocenters. The lowest BCUT2D eigenvalue weighted by Crippen LogP contribution is -2.31. The lowest BCUT2D eigenvalue weighted by molar-refractivity contribution is 0.347. The molecule has 0 amide bonds. The van der Waals surface area contributed by atoms with Crippen LogP contribution in [-0.2, 0) is 9.84 Å². The second-order valence-corrected chi connectivity index (χ2v) is 8.29. The van der Waals surface area contributed by atoms with Gasteiger partial charge in [-0.25, -0.2) is 8.42 Å². The number of hydrogen-bond donors (Lipinski definition) is 1. The van der Waals surface area contributed by atoms with Gasteiger partial charge in [-0.2, -0.15) is 4.37 Å². The van der Waals surface area contributed by atoms with Crippen molar-refractivity contribution in [1.82, 2.24) is 9.27 Å². The van der Waals surface area contributed by atoms with Crippen molar-refractivity contribution in [2.75, 3.05) is 49.6 Å². The monoisotopic (exact) mass is 332 g/mol. The summed E-state index contributed by atoms with van der Waals surface area (Å²) in [5, 5.41) is 0.667. The van der Waals surface area contributed by atoms with Crippen LogP contribution >= 0.6 is 11.5 Å². The molecule has 8 heteroatoms. The van der Waals surface area contributed by atoms with Crippen LogP contribution in [0.2, 0.25) is 0 Å². The quantitative estimate of drug-likeness (QED) is 0.814. The fourth-order valence-electron chi connectivity index (χ4n) is 2.59. The molecule has 6 nitrogen and oxygen atoms in total. The number of rotatable bonds is 7. The van der Waals surface area contributed by atoms with Crippen LogP contribution in [0, 0.1) is 0 Å². The first kappa shape index (κ1) is 16.5. The first-order chi connectivity index (χ1) is 9.95. The summed E-state index contributed by atoms with van der Waals surface area (Å²) < 4.78 is 28.7. The number of hydrogen-bond acceptors (Lipinski definition) is 7. The zero-order chi connectivity index (χ0) is 15.5. The fourth-order valence-corrected chi connectivity index (χ4v) is 5.36. The Morgan fingerprint density at radius 1 is 1.38 bits per heavy atom. The molecular formula is C13H24N4O2S2. The van der Waals surface area contributed by atoms with E-state index in [0.29, 0.717) is 11.4 Å². The predicted octanol–water partition coefficient (Wildman–Crippen LogP) is 1.44. The summed E-state index contributed by atoms with van der Waals surface area (Å²) in [4.78, 5) is 4.59. The third-order valence-electron chi connectivity index (χ3n) is 3.74. The van der Waals surface area contributed by atoms with Gasteiger partial charge in [-0.1, -0.05) is 6.92 Å². The summed E-state index contributed by atoms with van der Waals surface area (Å²) >= 11 is 1.17. The number of nitrogens with two attached hydrogens (primary N) is 1. The van der Waals surface area contributed by atoms with E-state index in [0.717, 1.165) is 26.2 Å². The van der Waals surface area contributed by atoms with Crippen LogP contribution in [0.1, 0.15) is 26.2 Å². The molecular weight excluding hydrogens is 308 g/mol. The van der Waals surface area contributed by atoms with E-state index in [4.69, 9.17) is 5.73 Å². The summed E-state index contributed by atoms with van der Waals surface area (Å²) in [6.45, 7) is 5.86. The Hall–Kier alpha value is -0.860. The molecule has 0 aliphatic carbocycles. The Kier molecular flexibility index (Phi) is 5.45. The van der Waals surface area contributed by atoms with Crippen molar-refractivity contribution in [1.29, 1.82) is 0 Å². The molecule has 1 fully saturated rings. The zero-order valence-corrected chi connectivity index (χ0v) is 14.3. The van der Waals surface area contributed by atoms with Gasteiger partial charge in [0.05, 0.1) is 5.75 Å². The van der Waals surface area contributed by atoms with Crippen LogP contribution in [-0.4, -0.2) is 56.7 Å². The van der Waals surface area contributed by atoms with Crippen LogP contribution in [0.5, 0.6) is 0 Å². The Morgan fingerprint density at radius 2 is 2.05 bits per heavy atom. The van der Waals surface area contributed by atoms with Gasteiger partial charge in [0.2, 0.25) is 0 Å². The highest BCUT2D eigenvalue weighted by Gasteiger charge is 2.27. The average Bonchev–Trinajstić information content (AvgIpc) is 3.05. The summed E-state index contributed by atoms with van der Waals surface area (Å²) in [6.07, 6.45) is 3.09. The molecule has 2 N–H and O–H groups in total. The van der Waals surface area contributed by atoms with Crippen LogP contribution in [0.15, 0.2) is 4.90 Å². The molecule has 0 spiro atoms. The molecule has 120 valence electrons. The van der Waals surface area contributed by atoms with Crippen molar-refractivity contribution >= 4 is 32.2 Å². The average molecular weight is 332 g/mol. The smallest absolute Gasteiger partial charge is 0.185 e. The number of sulfone groups is 1. The van der Waals surface area contributed by atoms with Gasteiger partial charge in [0.15, 0.2) is 15.7 Å². The standard InChI is InChI=1S/C13H24N4O2S2/c1-3-10-21(18,19)11-12(14)15-20-13(11)16(2)8-9-17-6-4-5-7-17/h3-10H2,1-2H3,(H2,14,15). The highest BCUT2D eigenvalue weighted by atomic mass is 32.2. The van der Waals surface area contributed by atoms with Gasteiger partial charge in [-0.3, -0.25) is 0 Å². The van der Waals surface area contributed by atoms with Gasteiger partial charge < -0.3 is 15.5 Å². The van der Waals surface area contributed by atoms with Crippen molar-refractivity contribution in [3.63, 3.8) is 0 Å². The van der Waals surface area contributed by atoms with Gasteiger partial charge in [-0.05, 0) is 43.9 Å². The minimum absolute atomic E-state index is 0.114. The van der Waals surface area contributed by atoms with E-state index in [-0.39, 0.29) is 16.5 Å². The van der Waals surface area contributed by atoms with Crippen LogP contribution in [0.25, 0.3) is 0 Å². The molecule has 0 bridgehead atoms. The van der Waals surface area contributed by atoms with E-state index in [9.17, 15) is 8.42 Å². The summed E-state index contributed by atoms with van der Waals surface area (Å²) in [7, 11) is -1.43. The van der Waals surface area contributed by atoms with Gasteiger partial charge >= 0.3 is 0 Å². The fraction of sp³-hybridized carbons (Fsp3) is 0.769. The third kappa shape index (κ3) is 3.87. The number of likely N-dealkylation sites (tertiary alicyclic amines) is 1. The molecule has 1 aromatic heterocycles. The molecule has 0 atom stereocenters. The van der Waals surface area contributed by atoms with Gasteiger partial charge in [0.25, 0.3) is 0 Å².